The molecule has 2 rings (SSSR count). The van der Waals surface area contributed by atoms with Crippen LogP contribution in [0.25, 0.3) is 11.0 Å². The molecule has 0 saturated carbocycles. The normalized spacial score (nSPS) is 10.6. The topological polar surface area (TPSA) is 52.7 Å². The van der Waals surface area contributed by atoms with Crippen LogP contribution in [0.2, 0.25) is 5.28 Å². The molecule has 0 aliphatic heterocycles. The molecular formula is C8H6ClN3O. The van der Waals surface area contributed by atoms with Crippen LogP contribution < -0.4 is 4.85 Å². The van der Waals surface area contributed by atoms with Crippen molar-refractivity contribution >= 4 is 22.6 Å². The zero-order chi connectivity index (χ0) is 9.42. The van der Waals surface area contributed by atoms with Crippen LogP contribution in [0.1, 0.15) is 5.56 Å². The van der Waals surface area contributed by atoms with E-state index in [1.165, 1.54) is 0 Å². The van der Waals surface area contributed by atoms with E-state index in [1.54, 1.807) is 12.1 Å². The standard InChI is InChI=1S/C8H6ClN3O/c1-5-2-3-6-7(4-5)12(13)11-8(9)10-6/h2-4H,1H3. The van der Waals surface area contributed by atoms with Crippen LogP contribution in [0.3, 0.4) is 0 Å². The molecule has 0 spiro atoms. The summed E-state index contributed by atoms with van der Waals surface area (Å²) in [4.78, 5) is 4.39. The van der Waals surface area contributed by atoms with Gasteiger partial charge in [0.05, 0.1) is 0 Å². The maximum atomic E-state index is 11.2. The fraction of sp³-hybridized carbons (Fsp3) is 0.125. The van der Waals surface area contributed by atoms with Crippen LogP contribution in [0, 0.1) is 12.1 Å². The first-order valence-electron chi connectivity index (χ1n) is 3.70. The van der Waals surface area contributed by atoms with Gasteiger partial charge in [0.15, 0.2) is 0 Å². The largest absolute Gasteiger partial charge is 0.594 e. The minimum atomic E-state index is -0.0358. The summed E-state index contributed by atoms with van der Waals surface area (Å²) in [5.41, 5.74) is 1.98. The summed E-state index contributed by atoms with van der Waals surface area (Å²) in [6, 6.07) is 5.33. The van der Waals surface area contributed by atoms with E-state index < -0.39 is 0 Å². The van der Waals surface area contributed by atoms with Gasteiger partial charge in [-0.25, -0.2) is 4.98 Å². The minimum absolute atomic E-state index is 0.0358. The van der Waals surface area contributed by atoms with Crippen molar-refractivity contribution < 1.29 is 4.85 Å². The molecule has 5 heteroatoms. The monoisotopic (exact) mass is 195 g/mol. The molecule has 1 aromatic heterocycles. The Morgan fingerprint density at radius 1 is 1.46 bits per heavy atom. The van der Waals surface area contributed by atoms with E-state index in [0.29, 0.717) is 15.9 Å². The van der Waals surface area contributed by atoms with Crippen molar-refractivity contribution in [3.63, 3.8) is 0 Å². The molecule has 0 N–H and O–H groups in total. The molecule has 1 aromatic carbocycles. The SMILES string of the molecule is Cc1ccc2nc(Cl)n[n+]([O-])c2c1. The highest BCUT2D eigenvalue weighted by atomic mass is 35.5. The van der Waals surface area contributed by atoms with Crippen LogP contribution in [0.5, 0.6) is 0 Å². The molecule has 0 saturated heterocycles. The van der Waals surface area contributed by atoms with E-state index in [9.17, 15) is 5.21 Å². The number of hydrogen-bond donors (Lipinski definition) is 0. The molecule has 0 aliphatic rings. The third-order valence-electron chi connectivity index (χ3n) is 1.72. The Balaban J connectivity index is 2.87. The van der Waals surface area contributed by atoms with Crippen molar-refractivity contribution in [3.05, 3.63) is 34.3 Å². The van der Waals surface area contributed by atoms with Gasteiger partial charge in [0.1, 0.15) is 5.52 Å². The van der Waals surface area contributed by atoms with Crippen molar-refractivity contribution in [2.75, 3.05) is 0 Å². The van der Waals surface area contributed by atoms with Gasteiger partial charge in [-0.3, -0.25) is 0 Å². The van der Waals surface area contributed by atoms with Gasteiger partial charge < -0.3 is 5.21 Å². The number of hydrogen-bond acceptors (Lipinski definition) is 3. The lowest BCUT2D eigenvalue weighted by atomic mass is 10.2. The third kappa shape index (κ3) is 1.40. The summed E-state index contributed by atoms with van der Waals surface area (Å²) >= 11 is 5.52. The Hall–Kier alpha value is -1.42. The molecule has 0 bridgehead atoms. The first-order chi connectivity index (χ1) is 6.16. The predicted octanol–water partition coefficient (Wildman–Crippen LogP) is 1.23. The highest BCUT2D eigenvalue weighted by molar-refractivity contribution is 6.28. The summed E-state index contributed by atoms with van der Waals surface area (Å²) in [7, 11) is 0. The van der Waals surface area contributed by atoms with Crippen LogP contribution in [-0.4, -0.2) is 10.1 Å². The minimum Gasteiger partial charge on any atom is -0.594 e. The van der Waals surface area contributed by atoms with E-state index in [0.717, 1.165) is 5.56 Å². The molecule has 13 heavy (non-hydrogen) atoms. The first kappa shape index (κ1) is 8.19. The molecule has 0 atom stereocenters. The highest BCUT2D eigenvalue weighted by Crippen LogP contribution is 2.10. The number of aryl methyl sites for hydroxylation is 1. The molecule has 0 aliphatic carbocycles. The fourth-order valence-electron chi connectivity index (χ4n) is 1.13. The Labute approximate surface area is 79.4 Å². The number of benzene rings is 1. The number of rotatable bonds is 0. The molecule has 1 heterocycles. The van der Waals surface area contributed by atoms with Gasteiger partial charge >= 0.3 is 0 Å². The molecule has 0 unspecified atom stereocenters. The van der Waals surface area contributed by atoms with Crippen molar-refractivity contribution in [1.29, 1.82) is 0 Å². The van der Waals surface area contributed by atoms with Gasteiger partial charge in [0.25, 0.3) is 10.8 Å². The number of halogens is 1. The molecule has 4 nitrogen and oxygen atoms in total. The van der Waals surface area contributed by atoms with E-state index in [1.807, 2.05) is 13.0 Å². The van der Waals surface area contributed by atoms with Crippen molar-refractivity contribution in [2.45, 2.75) is 6.92 Å². The fourth-order valence-corrected chi connectivity index (χ4v) is 1.29. The van der Waals surface area contributed by atoms with Crippen molar-refractivity contribution in [3.8, 4) is 0 Å². The first-order valence-corrected chi connectivity index (χ1v) is 4.08. The molecule has 0 fully saturated rings. The van der Waals surface area contributed by atoms with Crippen LogP contribution >= 0.6 is 11.6 Å². The summed E-state index contributed by atoms with van der Waals surface area (Å²) < 4.78 is 0. The van der Waals surface area contributed by atoms with E-state index in [2.05, 4.69) is 10.1 Å². The van der Waals surface area contributed by atoms with Gasteiger partial charge in [-0.05, 0) is 35.0 Å². The van der Waals surface area contributed by atoms with Gasteiger partial charge in [-0.2, -0.15) is 0 Å². The van der Waals surface area contributed by atoms with Crippen molar-refractivity contribution in [2.24, 2.45) is 0 Å². The molecule has 66 valence electrons. The molecule has 0 amide bonds. The van der Waals surface area contributed by atoms with E-state index >= 15 is 0 Å². The van der Waals surface area contributed by atoms with Crippen LogP contribution in [-0.2, 0) is 0 Å². The Morgan fingerprint density at radius 3 is 3.00 bits per heavy atom. The Morgan fingerprint density at radius 2 is 2.23 bits per heavy atom. The molecule has 0 radical (unpaired) electrons. The summed E-state index contributed by atoms with van der Waals surface area (Å²) in [6.45, 7) is 1.90. The average Bonchev–Trinajstić information content (AvgIpc) is 2.06. The summed E-state index contributed by atoms with van der Waals surface area (Å²) in [6.07, 6.45) is 0. The van der Waals surface area contributed by atoms with Crippen LogP contribution in [0.4, 0.5) is 0 Å². The number of fused-ring (bicyclic) bond motifs is 1. The maximum Gasteiger partial charge on any atom is 0.290 e. The van der Waals surface area contributed by atoms with Gasteiger partial charge in [0.2, 0.25) is 0 Å². The third-order valence-corrected chi connectivity index (χ3v) is 1.88. The molecule has 2 aromatic rings. The lowest BCUT2D eigenvalue weighted by molar-refractivity contribution is -0.642. The second-order valence-corrected chi connectivity index (χ2v) is 3.08. The zero-order valence-electron chi connectivity index (χ0n) is 6.86. The lowest BCUT2D eigenvalue weighted by Gasteiger charge is -1.98. The smallest absolute Gasteiger partial charge is 0.290 e. The van der Waals surface area contributed by atoms with Gasteiger partial charge in [-0.15, -0.1) is 0 Å². The number of aromatic nitrogens is 3. The second kappa shape index (κ2) is 2.81. The molecular weight excluding hydrogens is 190 g/mol. The van der Waals surface area contributed by atoms with E-state index in [4.69, 9.17) is 11.6 Å². The maximum absolute atomic E-state index is 11.2. The number of nitrogens with zero attached hydrogens (tertiary/aromatic N) is 3. The Kier molecular flexibility index (Phi) is 1.77. The van der Waals surface area contributed by atoms with Gasteiger partial charge in [0, 0.05) is 11.2 Å². The van der Waals surface area contributed by atoms with Gasteiger partial charge in [-0.1, -0.05) is 6.07 Å². The predicted molar refractivity (Wildman–Crippen MR) is 48.2 cm³/mol. The Bertz CT molecular complexity index is 472. The quantitative estimate of drug-likeness (QED) is 0.469. The average molecular weight is 196 g/mol. The highest BCUT2D eigenvalue weighted by Gasteiger charge is 2.08. The second-order valence-electron chi connectivity index (χ2n) is 2.75. The summed E-state index contributed by atoms with van der Waals surface area (Å²) in [5, 5.41) is 14.7. The van der Waals surface area contributed by atoms with Crippen LogP contribution in [0.15, 0.2) is 18.2 Å². The summed E-state index contributed by atoms with van der Waals surface area (Å²) in [5.74, 6) is 0. The van der Waals surface area contributed by atoms with Crippen molar-refractivity contribution in [1.82, 2.24) is 10.1 Å². The van der Waals surface area contributed by atoms with E-state index in [-0.39, 0.29) is 5.28 Å². The zero-order valence-corrected chi connectivity index (χ0v) is 7.62. The lowest BCUT2D eigenvalue weighted by Crippen LogP contribution is -2.32.